The molecule has 1 aromatic carbocycles. The Morgan fingerprint density at radius 2 is 1.85 bits per heavy atom. The van der Waals surface area contributed by atoms with Gasteiger partial charge in [-0.15, -0.1) is 0 Å². The zero-order chi connectivity index (χ0) is 19.1. The van der Waals surface area contributed by atoms with E-state index in [0.717, 1.165) is 31.9 Å². The largest absolute Gasteiger partial charge is 0.330 e. The minimum Gasteiger partial charge on any atom is -0.330 e. The number of halogens is 1. The van der Waals surface area contributed by atoms with Gasteiger partial charge in [0.1, 0.15) is 6.33 Å². The number of carbonyl (C=O) groups excluding carboxylic acids is 1. The van der Waals surface area contributed by atoms with E-state index in [2.05, 4.69) is 58.5 Å². The van der Waals surface area contributed by atoms with Gasteiger partial charge in [0.25, 0.3) is 0 Å². The van der Waals surface area contributed by atoms with Crippen molar-refractivity contribution in [1.82, 2.24) is 20.2 Å². The zero-order valence-electron chi connectivity index (χ0n) is 15.7. The second-order valence-electron chi connectivity index (χ2n) is 7.78. The van der Waals surface area contributed by atoms with Gasteiger partial charge in [-0.05, 0) is 45.3 Å². The lowest BCUT2D eigenvalue weighted by Gasteiger charge is -2.48. The number of urea groups is 1. The van der Waals surface area contributed by atoms with Crippen LogP contribution < -0.4 is 10.2 Å². The molecule has 142 valence electrons. The molecule has 0 bridgehead atoms. The minimum absolute atomic E-state index is 0.0480. The molecule has 1 N–H and O–H groups in total. The third-order valence-corrected chi connectivity index (χ3v) is 6.18. The summed E-state index contributed by atoms with van der Waals surface area (Å²) in [5.74, 6) is -0.528. The molecule has 1 saturated carbocycles. The number of nitrogens with one attached hydrogen (secondary N) is 1. The predicted molar refractivity (Wildman–Crippen MR) is 101 cm³/mol. The van der Waals surface area contributed by atoms with Crippen LogP contribution in [0.1, 0.15) is 31.2 Å². The maximum atomic E-state index is 14.1. The molecule has 1 aliphatic heterocycles. The first kappa shape index (κ1) is 17.9. The standard InChI is InChI=1S/C20H24FN5O/c1-25(2)20(15-6-4-3-5-7-15)10-8-19(9-11-20)13-26(18(27)24-19)17-16(21)12-22-14-23-17/h3-7,12,14H,8-11,13H2,1-2H3,(H,24,27). The molecule has 6 nitrogen and oxygen atoms in total. The Kier molecular flexibility index (Phi) is 4.34. The van der Waals surface area contributed by atoms with Gasteiger partial charge in [-0.3, -0.25) is 9.80 Å². The van der Waals surface area contributed by atoms with Gasteiger partial charge in [0.15, 0.2) is 11.6 Å². The topological polar surface area (TPSA) is 61.4 Å². The lowest BCUT2D eigenvalue weighted by atomic mass is 9.69. The fourth-order valence-corrected chi connectivity index (χ4v) is 4.55. The van der Waals surface area contributed by atoms with E-state index in [-0.39, 0.29) is 22.9 Å². The smallest absolute Gasteiger partial charge is 0.323 e. The molecule has 2 aromatic rings. The van der Waals surface area contributed by atoms with Crippen LogP contribution in [0.4, 0.5) is 15.0 Å². The van der Waals surface area contributed by atoms with Gasteiger partial charge in [0, 0.05) is 5.54 Å². The monoisotopic (exact) mass is 369 g/mol. The van der Waals surface area contributed by atoms with Crippen LogP contribution in [0.2, 0.25) is 0 Å². The maximum absolute atomic E-state index is 14.1. The highest BCUT2D eigenvalue weighted by molar-refractivity contribution is 5.94. The van der Waals surface area contributed by atoms with Crippen molar-refractivity contribution in [2.24, 2.45) is 0 Å². The van der Waals surface area contributed by atoms with Crippen LogP contribution in [0.3, 0.4) is 0 Å². The summed E-state index contributed by atoms with van der Waals surface area (Å²) < 4.78 is 14.1. The molecule has 2 fully saturated rings. The van der Waals surface area contributed by atoms with Crippen LogP contribution in [0, 0.1) is 5.82 Å². The molecule has 2 heterocycles. The van der Waals surface area contributed by atoms with Crippen molar-refractivity contribution < 1.29 is 9.18 Å². The van der Waals surface area contributed by atoms with Crippen LogP contribution >= 0.6 is 0 Å². The van der Waals surface area contributed by atoms with Gasteiger partial charge >= 0.3 is 6.03 Å². The lowest BCUT2D eigenvalue weighted by molar-refractivity contribution is 0.0657. The summed E-state index contributed by atoms with van der Waals surface area (Å²) >= 11 is 0. The van der Waals surface area contributed by atoms with E-state index >= 15 is 0 Å². The first-order chi connectivity index (χ1) is 13.0. The molecule has 2 aliphatic rings. The van der Waals surface area contributed by atoms with Gasteiger partial charge in [0.2, 0.25) is 0 Å². The summed E-state index contributed by atoms with van der Waals surface area (Å²) in [7, 11) is 4.22. The minimum atomic E-state index is -0.576. The Bertz CT molecular complexity index is 833. The molecule has 1 spiro atoms. The number of hydrogen-bond acceptors (Lipinski definition) is 4. The van der Waals surface area contributed by atoms with Crippen LogP contribution in [0.25, 0.3) is 0 Å². The Hall–Kier alpha value is -2.54. The third kappa shape index (κ3) is 2.96. The summed E-state index contributed by atoms with van der Waals surface area (Å²) in [4.78, 5) is 23.9. The number of carbonyl (C=O) groups is 1. The third-order valence-electron chi connectivity index (χ3n) is 6.18. The molecule has 4 rings (SSSR count). The molecule has 1 aliphatic carbocycles. The number of hydrogen-bond donors (Lipinski definition) is 1. The number of benzene rings is 1. The molecule has 27 heavy (non-hydrogen) atoms. The van der Waals surface area contributed by atoms with E-state index < -0.39 is 5.82 Å². The summed E-state index contributed by atoms with van der Waals surface area (Å²) in [6.45, 7) is 0.429. The van der Waals surface area contributed by atoms with E-state index in [0.29, 0.717) is 6.54 Å². The SMILES string of the molecule is CN(C)C1(c2ccccc2)CCC2(CC1)CN(c1ncncc1F)C(=O)N2. The average Bonchev–Trinajstić information content (AvgIpc) is 2.99. The first-order valence-corrected chi connectivity index (χ1v) is 9.24. The van der Waals surface area contributed by atoms with Crippen molar-refractivity contribution in [3.8, 4) is 0 Å². The highest BCUT2D eigenvalue weighted by atomic mass is 19.1. The molecule has 0 atom stereocenters. The van der Waals surface area contributed by atoms with Gasteiger partial charge in [-0.2, -0.15) is 0 Å². The summed E-state index contributed by atoms with van der Waals surface area (Å²) in [5.41, 5.74) is 0.904. The Morgan fingerprint density at radius 3 is 2.48 bits per heavy atom. The normalized spacial score (nSPS) is 28.0. The number of anilines is 1. The second kappa shape index (κ2) is 6.56. The second-order valence-corrected chi connectivity index (χ2v) is 7.78. The molecule has 2 amide bonds. The fraction of sp³-hybridized carbons (Fsp3) is 0.450. The van der Waals surface area contributed by atoms with Gasteiger partial charge in [-0.1, -0.05) is 30.3 Å². The Labute approximate surface area is 158 Å². The van der Waals surface area contributed by atoms with E-state index in [4.69, 9.17) is 0 Å². The summed E-state index contributed by atoms with van der Waals surface area (Å²) in [6, 6.07) is 10.2. The van der Waals surface area contributed by atoms with E-state index in [1.54, 1.807) is 0 Å². The van der Waals surface area contributed by atoms with Crippen molar-refractivity contribution in [3.05, 3.63) is 54.2 Å². The van der Waals surface area contributed by atoms with Crippen molar-refractivity contribution in [2.45, 2.75) is 36.8 Å². The van der Waals surface area contributed by atoms with Crippen molar-refractivity contribution in [2.75, 3.05) is 25.5 Å². The summed E-state index contributed by atoms with van der Waals surface area (Å²) in [6.07, 6.45) is 5.86. The highest BCUT2D eigenvalue weighted by Crippen LogP contribution is 2.46. The maximum Gasteiger partial charge on any atom is 0.323 e. The fourth-order valence-electron chi connectivity index (χ4n) is 4.55. The molecular weight excluding hydrogens is 345 g/mol. The van der Waals surface area contributed by atoms with Crippen molar-refractivity contribution >= 4 is 11.8 Å². The molecule has 0 radical (unpaired) electrons. The van der Waals surface area contributed by atoms with Crippen molar-refractivity contribution in [3.63, 3.8) is 0 Å². The highest BCUT2D eigenvalue weighted by Gasteiger charge is 2.50. The quantitative estimate of drug-likeness (QED) is 0.904. The van der Waals surface area contributed by atoms with Gasteiger partial charge < -0.3 is 5.32 Å². The van der Waals surface area contributed by atoms with Crippen LogP contribution in [0.15, 0.2) is 42.9 Å². The molecule has 7 heteroatoms. The molecule has 1 aromatic heterocycles. The van der Waals surface area contributed by atoms with E-state index in [9.17, 15) is 9.18 Å². The molecule has 1 saturated heterocycles. The molecular formula is C20H24FN5O. The van der Waals surface area contributed by atoms with E-state index in [1.807, 2.05) is 6.07 Å². The van der Waals surface area contributed by atoms with Gasteiger partial charge in [0.05, 0.1) is 18.3 Å². The number of amides is 2. The average molecular weight is 369 g/mol. The van der Waals surface area contributed by atoms with E-state index in [1.165, 1.54) is 16.8 Å². The lowest BCUT2D eigenvalue weighted by Crippen LogP contribution is -2.54. The number of aromatic nitrogens is 2. The zero-order valence-corrected chi connectivity index (χ0v) is 15.7. The first-order valence-electron chi connectivity index (χ1n) is 9.24. The Balaban J connectivity index is 1.57. The molecule has 0 unspecified atom stereocenters. The van der Waals surface area contributed by atoms with Gasteiger partial charge in [-0.25, -0.2) is 19.2 Å². The Morgan fingerprint density at radius 1 is 1.15 bits per heavy atom. The predicted octanol–water partition coefficient (Wildman–Crippen LogP) is 2.92. The summed E-state index contributed by atoms with van der Waals surface area (Å²) in [5, 5.41) is 3.11. The van der Waals surface area contributed by atoms with Crippen LogP contribution in [-0.4, -0.2) is 47.1 Å². The van der Waals surface area contributed by atoms with Crippen LogP contribution in [-0.2, 0) is 5.54 Å². The van der Waals surface area contributed by atoms with Crippen LogP contribution in [0.5, 0.6) is 0 Å². The van der Waals surface area contributed by atoms with Crippen molar-refractivity contribution in [1.29, 1.82) is 0 Å². The number of nitrogens with zero attached hydrogens (tertiary/aromatic N) is 4. The number of rotatable bonds is 3.